The standard InChI is InChI=1S/C17H26O6/c1-15(21)10-3-2-7-4-16(10,5-8(7)18)13(19)14(20)17(22)6-9-11(23-9)12(15)17/h7-14,18-22H,2-6H2,1H3. The molecule has 5 rings (SSSR count). The Morgan fingerprint density at radius 3 is 2.43 bits per heavy atom. The van der Waals surface area contributed by atoms with Gasteiger partial charge in [-0.3, -0.25) is 0 Å². The van der Waals surface area contributed by atoms with Gasteiger partial charge in [-0.2, -0.15) is 0 Å². The van der Waals surface area contributed by atoms with Crippen LogP contribution in [0.25, 0.3) is 0 Å². The van der Waals surface area contributed by atoms with Gasteiger partial charge in [0.15, 0.2) is 0 Å². The summed E-state index contributed by atoms with van der Waals surface area (Å²) in [5.74, 6) is -0.736. The van der Waals surface area contributed by atoms with E-state index in [1.165, 1.54) is 0 Å². The van der Waals surface area contributed by atoms with Crippen molar-refractivity contribution in [3.05, 3.63) is 0 Å². The maximum Gasteiger partial charge on any atom is 0.110 e. The van der Waals surface area contributed by atoms with E-state index in [0.717, 1.165) is 6.42 Å². The fourth-order valence-corrected chi connectivity index (χ4v) is 7.13. The first-order valence-corrected chi connectivity index (χ1v) is 8.86. The van der Waals surface area contributed by atoms with Crippen molar-refractivity contribution in [3.8, 4) is 0 Å². The van der Waals surface area contributed by atoms with Crippen LogP contribution in [0, 0.1) is 23.2 Å². The first kappa shape index (κ1) is 15.0. The van der Waals surface area contributed by atoms with Crippen LogP contribution in [-0.4, -0.2) is 67.3 Å². The average Bonchev–Trinajstić information content (AvgIpc) is 3.07. The summed E-state index contributed by atoms with van der Waals surface area (Å²) >= 11 is 0. The zero-order valence-electron chi connectivity index (χ0n) is 13.3. The third-order valence-electron chi connectivity index (χ3n) is 8.05. The van der Waals surface area contributed by atoms with Crippen LogP contribution in [0.5, 0.6) is 0 Å². The highest BCUT2D eigenvalue weighted by atomic mass is 16.6. The highest BCUT2D eigenvalue weighted by Crippen LogP contribution is 2.68. The van der Waals surface area contributed by atoms with Crippen LogP contribution < -0.4 is 0 Å². The predicted octanol–water partition coefficient (Wildman–Crippen LogP) is -0.842. The molecular weight excluding hydrogens is 300 g/mol. The fourth-order valence-electron chi connectivity index (χ4n) is 7.13. The van der Waals surface area contributed by atoms with E-state index in [1.807, 2.05) is 0 Å². The minimum Gasteiger partial charge on any atom is -0.393 e. The van der Waals surface area contributed by atoms with Crippen molar-refractivity contribution in [2.45, 2.75) is 80.7 Å². The third kappa shape index (κ3) is 1.56. The Morgan fingerprint density at radius 2 is 1.70 bits per heavy atom. The summed E-state index contributed by atoms with van der Waals surface area (Å²) in [6.07, 6.45) is -0.569. The summed E-state index contributed by atoms with van der Waals surface area (Å²) in [4.78, 5) is 0. The smallest absolute Gasteiger partial charge is 0.110 e. The molecule has 0 amide bonds. The van der Waals surface area contributed by atoms with Gasteiger partial charge in [-0.1, -0.05) is 0 Å². The van der Waals surface area contributed by atoms with E-state index >= 15 is 0 Å². The highest BCUT2D eigenvalue weighted by molar-refractivity contribution is 5.26. The fraction of sp³-hybridized carbons (Fsp3) is 1.00. The second-order valence-electron chi connectivity index (χ2n) is 9.03. The Kier molecular flexibility index (Phi) is 2.69. The van der Waals surface area contributed by atoms with Crippen LogP contribution in [0.1, 0.15) is 39.0 Å². The molecule has 2 bridgehead atoms. The highest BCUT2D eigenvalue weighted by Gasteiger charge is 2.77. The van der Waals surface area contributed by atoms with E-state index in [1.54, 1.807) is 6.92 Å². The number of hydrogen-bond acceptors (Lipinski definition) is 6. The molecule has 4 saturated carbocycles. The monoisotopic (exact) mass is 326 g/mol. The van der Waals surface area contributed by atoms with E-state index in [-0.39, 0.29) is 30.5 Å². The lowest BCUT2D eigenvalue weighted by Gasteiger charge is -2.50. The Bertz CT molecular complexity index is 547. The molecule has 1 heterocycles. The molecule has 0 aromatic carbocycles. The summed E-state index contributed by atoms with van der Waals surface area (Å²) in [7, 11) is 0. The summed E-state index contributed by atoms with van der Waals surface area (Å²) in [6.45, 7) is 1.73. The number of aliphatic hydroxyl groups excluding tert-OH is 3. The summed E-state index contributed by atoms with van der Waals surface area (Å²) in [5.41, 5.74) is -3.49. The van der Waals surface area contributed by atoms with E-state index in [4.69, 9.17) is 4.74 Å². The molecule has 4 aliphatic carbocycles. The summed E-state index contributed by atoms with van der Waals surface area (Å²) in [6, 6.07) is 0. The van der Waals surface area contributed by atoms with Gasteiger partial charge in [0.25, 0.3) is 0 Å². The van der Waals surface area contributed by atoms with Gasteiger partial charge in [-0.15, -0.1) is 0 Å². The van der Waals surface area contributed by atoms with Gasteiger partial charge >= 0.3 is 0 Å². The Labute approximate surface area is 135 Å². The molecule has 11 unspecified atom stereocenters. The molecule has 5 aliphatic rings. The van der Waals surface area contributed by atoms with Crippen molar-refractivity contribution in [1.82, 2.24) is 0 Å². The van der Waals surface area contributed by atoms with E-state index in [2.05, 4.69) is 0 Å². The lowest BCUT2D eigenvalue weighted by atomic mass is 9.58. The summed E-state index contributed by atoms with van der Waals surface area (Å²) < 4.78 is 5.58. The quantitative estimate of drug-likeness (QED) is 0.371. The molecule has 0 aromatic rings. The molecule has 23 heavy (non-hydrogen) atoms. The van der Waals surface area contributed by atoms with Gasteiger partial charge in [-0.25, -0.2) is 0 Å². The number of ether oxygens (including phenoxy) is 1. The molecule has 6 nitrogen and oxygen atoms in total. The van der Waals surface area contributed by atoms with Crippen molar-refractivity contribution in [3.63, 3.8) is 0 Å². The van der Waals surface area contributed by atoms with E-state index in [0.29, 0.717) is 19.3 Å². The molecule has 1 saturated heterocycles. The Morgan fingerprint density at radius 1 is 0.957 bits per heavy atom. The zero-order chi connectivity index (χ0) is 16.4. The lowest BCUT2D eigenvalue weighted by Crippen LogP contribution is -2.58. The molecule has 0 radical (unpaired) electrons. The number of aliphatic hydroxyl groups is 5. The maximum atomic E-state index is 11.5. The van der Waals surface area contributed by atoms with Crippen LogP contribution in [0.15, 0.2) is 0 Å². The predicted molar refractivity (Wildman–Crippen MR) is 78.2 cm³/mol. The van der Waals surface area contributed by atoms with Crippen molar-refractivity contribution >= 4 is 0 Å². The minimum atomic E-state index is -1.52. The largest absolute Gasteiger partial charge is 0.393 e. The molecule has 11 atom stereocenters. The Hall–Kier alpha value is -0.240. The lowest BCUT2D eigenvalue weighted by molar-refractivity contribution is -0.188. The van der Waals surface area contributed by atoms with Crippen molar-refractivity contribution in [2.75, 3.05) is 0 Å². The molecule has 130 valence electrons. The molecule has 1 aliphatic heterocycles. The van der Waals surface area contributed by atoms with Crippen LogP contribution in [-0.2, 0) is 4.74 Å². The normalized spacial score (nSPS) is 69.7. The minimum absolute atomic E-state index is 0.112. The van der Waals surface area contributed by atoms with Crippen LogP contribution >= 0.6 is 0 Å². The van der Waals surface area contributed by atoms with Crippen LogP contribution in [0.2, 0.25) is 0 Å². The SMILES string of the molecule is CC1(O)C2C3OC3CC2(O)C(O)C(O)C23CC(O)C(CCC12)C3. The molecule has 5 N–H and O–H groups in total. The maximum absolute atomic E-state index is 11.5. The molecule has 6 heteroatoms. The number of fused-ring (bicyclic) bond motifs is 4. The number of rotatable bonds is 0. The topological polar surface area (TPSA) is 114 Å². The van der Waals surface area contributed by atoms with Gasteiger partial charge < -0.3 is 30.3 Å². The van der Waals surface area contributed by atoms with Gasteiger partial charge in [-0.05, 0) is 44.4 Å². The second-order valence-corrected chi connectivity index (χ2v) is 9.03. The number of epoxide rings is 1. The molecule has 0 aromatic heterocycles. The molecular formula is C17H26O6. The van der Waals surface area contributed by atoms with Crippen LogP contribution in [0.3, 0.4) is 0 Å². The first-order valence-electron chi connectivity index (χ1n) is 8.86. The third-order valence-corrected chi connectivity index (χ3v) is 8.05. The average molecular weight is 326 g/mol. The van der Waals surface area contributed by atoms with Gasteiger partial charge in [0.2, 0.25) is 0 Å². The van der Waals surface area contributed by atoms with Gasteiger partial charge in [0, 0.05) is 17.8 Å². The van der Waals surface area contributed by atoms with Crippen molar-refractivity contribution in [2.24, 2.45) is 23.2 Å². The molecule has 5 fully saturated rings. The van der Waals surface area contributed by atoms with Crippen molar-refractivity contribution < 1.29 is 30.3 Å². The summed E-state index contributed by atoms with van der Waals surface area (Å²) in [5, 5.41) is 54.9. The first-order chi connectivity index (χ1) is 10.7. The Balaban J connectivity index is 1.67. The second kappa shape index (κ2) is 4.11. The number of hydrogen-bond donors (Lipinski definition) is 5. The zero-order valence-corrected chi connectivity index (χ0v) is 13.3. The van der Waals surface area contributed by atoms with E-state index < -0.39 is 40.8 Å². The van der Waals surface area contributed by atoms with Crippen LogP contribution in [0.4, 0.5) is 0 Å². The van der Waals surface area contributed by atoms with E-state index in [9.17, 15) is 25.5 Å². The van der Waals surface area contributed by atoms with Gasteiger partial charge in [0.1, 0.15) is 11.7 Å². The van der Waals surface area contributed by atoms with Gasteiger partial charge in [0.05, 0.1) is 30.0 Å². The van der Waals surface area contributed by atoms with Crippen molar-refractivity contribution in [1.29, 1.82) is 0 Å². The molecule has 1 spiro atoms.